The van der Waals surface area contributed by atoms with E-state index in [-0.39, 0.29) is 5.78 Å². The number of ketones is 1. The molecule has 62 valence electrons. The summed E-state index contributed by atoms with van der Waals surface area (Å²) in [5.41, 5.74) is 0.0264. The van der Waals surface area contributed by atoms with Crippen molar-refractivity contribution in [2.24, 2.45) is 0 Å². The van der Waals surface area contributed by atoms with Crippen molar-refractivity contribution < 1.29 is 9.90 Å². The van der Waals surface area contributed by atoms with Gasteiger partial charge in [-0.2, -0.15) is 0 Å². The van der Waals surface area contributed by atoms with E-state index >= 15 is 0 Å². The number of hydrogen-bond donors (Lipinski definition) is 1. The fraction of sp³-hybridized carbons (Fsp3) is 0.667. The molecule has 0 aliphatic heterocycles. The van der Waals surface area contributed by atoms with Gasteiger partial charge < -0.3 is 5.11 Å². The Hall–Kier alpha value is -0.630. The first-order chi connectivity index (χ1) is 5.04. The van der Waals surface area contributed by atoms with Crippen LogP contribution in [0.4, 0.5) is 0 Å². The van der Waals surface area contributed by atoms with Crippen LogP contribution in [0.1, 0.15) is 32.6 Å². The Balaban J connectivity index is 2.62. The van der Waals surface area contributed by atoms with Crippen LogP contribution < -0.4 is 0 Å². The maximum absolute atomic E-state index is 10.8. The topological polar surface area (TPSA) is 37.3 Å². The van der Waals surface area contributed by atoms with Crippen molar-refractivity contribution in [2.45, 2.75) is 38.2 Å². The minimum Gasteiger partial charge on any atom is -0.386 e. The first-order valence-electron chi connectivity index (χ1n) is 3.95. The third kappa shape index (κ3) is 1.69. The molecule has 1 aliphatic carbocycles. The van der Waals surface area contributed by atoms with Crippen LogP contribution >= 0.6 is 0 Å². The summed E-state index contributed by atoms with van der Waals surface area (Å²) in [6.07, 6.45) is 2.12. The molecule has 0 bridgehead atoms. The van der Waals surface area contributed by atoms with E-state index in [4.69, 9.17) is 0 Å². The average Bonchev–Trinajstić information content (AvgIpc) is 1.95. The molecule has 0 aromatic rings. The standard InChI is InChI=1S/C9H14O2/c1-7(2)9(11)5-3-8(10)4-6-9/h11H,1,3-6H2,2H3. The largest absolute Gasteiger partial charge is 0.386 e. The summed E-state index contributed by atoms with van der Waals surface area (Å²) >= 11 is 0. The molecule has 0 saturated heterocycles. The molecule has 1 rings (SSSR count). The van der Waals surface area contributed by atoms with Gasteiger partial charge in [0.25, 0.3) is 0 Å². The first kappa shape index (κ1) is 8.47. The molecule has 0 spiro atoms. The van der Waals surface area contributed by atoms with E-state index in [0.717, 1.165) is 5.57 Å². The molecular formula is C9H14O2. The van der Waals surface area contributed by atoms with Crippen molar-refractivity contribution >= 4 is 5.78 Å². The molecule has 2 nitrogen and oxygen atoms in total. The van der Waals surface area contributed by atoms with Gasteiger partial charge in [0.1, 0.15) is 5.78 Å². The number of Topliss-reactive ketones (excluding diaryl/α,β-unsaturated/α-hetero) is 1. The minimum absolute atomic E-state index is 0.260. The van der Waals surface area contributed by atoms with Gasteiger partial charge in [0, 0.05) is 12.8 Å². The summed E-state index contributed by atoms with van der Waals surface area (Å²) in [4.78, 5) is 10.8. The summed E-state index contributed by atoms with van der Waals surface area (Å²) in [5, 5.41) is 9.81. The van der Waals surface area contributed by atoms with E-state index < -0.39 is 5.60 Å². The van der Waals surface area contributed by atoms with Gasteiger partial charge >= 0.3 is 0 Å². The van der Waals surface area contributed by atoms with Gasteiger partial charge in [-0.3, -0.25) is 4.79 Å². The molecule has 0 aromatic heterocycles. The third-order valence-corrected chi connectivity index (χ3v) is 2.43. The van der Waals surface area contributed by atoms with Gasteiger partial charge in [0.2, 0.25) is 0 Å². The molecule has 1 aliphatic rings. The van der Waals surface area contributed by atoms with Crippen LogP contribution in [0.15, 0.2) is 12.2 Å². The minimum atomic E-state index is -0.756. The number of aliphatic hydroxyl groups is 1. The van der Waals surface area contributed by atoms with Crippen LogP contribution in [0, 0.1) is 0 Å². The van der Waals surface area contributed by atoms with Gasteiger partial charge in [0.05, 0.1) is 5.60 Å². The summed E-state index contributed by atoms with van der Waals surface area (Å²) in [6.45, 7) is 5.53. The lowest BCUT2D eigenvalue weighted by atomic mass is 9.80. The Labute approximate surface area is 66.9 Å². The smallest absolute Gasteiger partial charge is 0.133 e. The van der Waals surface area contributed by atoms with Crippen LogP contribution in [0.3, 0.4) is 0 Å². The summed E-state index contributed by atoms with van der Waals surface area (Å²) in [6, 6.07) is 0. The zero-order valence-electron chi connectivity index (χ0n) is 6.89. The molecule has 1 fully saturated rings. The van der Waals surface area contributed by atoms with Gasteiger partial charge in [0.15, 0.2) is 0 Å². The van der Waals surface area contributed by atoms with Gasteiger partial charge in [-0.15, -0.1) is 0 Å². The van der Waals surface area contributed by atoms with Crippen molar-refractivity contribution in [2.75, 3.05) is 0 Å². The maximum atomic E-state index is 10.8. The quantitative estimate of drug-likeness (QED) is 0.580. The van der Waals surface area contributed by atoms with Crippen molar-refractivity contribution in [1.29, 1.82) is 0 Å². The van der Waals surface area contributed by atoms with Crippen molar-refractivity contribution in [1.82, 2.24) is 0 Å². The number of carbonyl (C=O) groups excluding carboxylic acids is 1. The average molecular weight is 154 g/mol. The van der Waals surface area contributed by atoms with E-state index in [9.17, 15) is 9.90 Å². The van der Waals surface area contributed by atoms with Crippen LogP contribution in [-0.4, -0.2) is 16.5 Å². The van der Waals surface area contributed by atoms with Gasteiger partial charge in [-0.25, -0.2) is 0 Å². The molecule has 0 radical (unpaired) electrons. The lowest BCUT2D eigenvalue weighted by Crippen LogP contribution is -2.34. The predicted octanol–water partition coefficient (Wildman–Crippen LogP) is 1.44. The first-order valence-corrected chi connectivity index (χ1v) is 3.95. The zero-order chi connectivity index (χ0) is 8.48. The Kier molecular flexibility index (Phi) is 2.14. The summed E-state index contributed by atoms with van der Waals surface area (Å²) in [5.74, 6) is 0.260. The molecular weight excluding hydrogens is 140 g/mol. The summed E-state index contributed by atoms with van der Waals surface area (Å²) < 4.78 is 0. The second-order valence-electron chi connectivity index (χ2n) is 3.35. The number of hydrogen-bond acceptors (Lipinski definition) is 2. The fourth-order valence-electron chi connectivity index (χ4n) is 1.37. The molecule has 1 N–H and O–H groups in total. The fourth-order valence-corrected chi connectivity index (χ4v) is 1.37. The molecule has 1 saturated carbocycles. The summed E-state index contributed by atoms with van der Waals surface area (Å²) in [7, 11) is 0. The van der Waals surface area contributed by atoms with E-state index in [1.807, 2.05) is 6.92 Å². The Bertz CT molecular complexity index is 184. The SMILES string of the molecule is C=C(C)C1(O)CCC(=O)CC1. The Morgan fingerprint density at radius 1 is 1.55 bits per heavy atom. The second kappa shape index (κ2) is 2.78. The lowest BCUT2D eigenvalue weighted by Gasteiger charge is -2.31. The number of carbonyl (C=O) groups is 1. The van der Waals surface area contributed by atoms with Crippen LogP contribution in [0.2, 0.25) is 0 Å². The van der Waals surface area contributed by atoms with E-state index in [1.54, 1.807) is 0 Å². The number of rotatable bonds is 1. The molecule has 0 unspecified atom stereocenters. The third-order valence-electron chi connectivity index (χ3n) is 2.43. The van der Waals surface area contributed by atoms with E-state index in [2.05, 4.69) is 6.58 Å². The lowest BCUT2D eigenvalue weighted by molar-refractivity contribution is -0.123. The van der Waals surface area contributed by atoms with Crippen LogP contribution in [-0.2, 0) is 4.79 Å². The Morgan fingerprint density at radius 3 is 2.36 bits per heavy atom. The van der Waals surface area contributed by atoms with Gasteiger partial charge in [-0.05, 0) is 25.3 Å². The molecule has 0 atom stereocenters. The van der Waals surface area contributed by atoms with Crippen molar-refractivity contribution in [3.05, 3.63) is 12.2 Å². The van der Waals surface area contributed by atoms with E-state index in [1.165, 1.54) is 0 Å². The van der Waals surface area contributed by atoms with Crippen molar-refractivity contribution in [3.63, 3.8) is 0 Å². The molecule has 0 aromatic carbocycles. The highest BCUT2D eigenvalue weighted by atomic mass is 16.3. The second-order valence-corrected chi connectivity index (χ2v) is 3.35. The zero-order valence-corrected chi connectivity index (χ0v) is 6.89. The highest BCUT2D eigenvalue weighted by Gasteiger charge is 2.32. The highest BCUT2D eigenvalue weighted by Crippen LogP contribution is 2.31. The molecule has 2 heteroatoms. The van der Waals surface area contributed by atoms with Crippen LogP contribution in [0.25, 0.3) is 0 Å². The normalized spacial score (nSPS) is 23.3. The molecule has 0 amide bonds. The monoisotopic (exact) mass is 154 g/mol. The maximum Gasteiger partial charge on any atom is 0.133 e. The Morgan fingerprint density at radius 2 is 2.00 bits per heavy atom. The molecule has 0 heterocycles. The van der Waals surface area contributed by atoms with E-state index in [0.29, 0.717) is 25.7 Å². The predicted molar refractivity (Wildman–Crippen MR) is 43.2 cm³/mol. The molecule has 11 heavy (non-hydrogen) atoms. The van der Waals surface area contributed by atoms with Crippen molar-refractivity contribution in [3.8, 4) is 0 Å². The highest BCUT2D eigenvalue weighted by molar-refractivity contribution is 5.79. The van der Waals surface area contributed by atoms with Crippen LogP contribution in [0.5, 0.6) is 0 Å². The van der Waals surface area contributed by atoms with Gasteiger partial charge in [-0.1, -0.05) is 6.58 Å².